The fourth-order valence-corrected chi connectivity index (χ4v) is 1.74. The topological polar surface area (TPSA) is 69.2 Å². The van der Waals surface area contributed by atoms with Crippen molar-refractivity contribution in [1.29, 1.82) is 0 Å². The molecule has 1 heterocycles. The van der Waals surface area contributed by atoms with Crippen molar-refractivity contribution in [2.45, 2.75) is 26.3 Å². The Bertz CT molecular complexity index is 521. The fraction of sp³-hybridized carbons (Fsp3) is 0.333. The minimum absolute atomic E-state index is 0.353. The Kier molecular flexibility index (Phi) is 2.53. The highest BCUT2D eigenvalue weighted by atomic mass is 16.4. The average molecular weight is 233 g/mol. The molecule has 17 heavy (non-hydrogen) atoms. The quantitative estimate of drug-likeness (QED) is 0.795. The van der Waals surface area contributed by atoms with E-state index in [1.165, 1.54) is 4.90 Å². The molecule has 0 unspecified atom stereocenters. The van der Waals surface area contributed by atoms with Crippen molar-refractivity contribution in [1.82, 2.24) is 9.97 Å². The molecule has 0 aliphatic heterocycles. The van der Waals surface area contributed by atoms with Crippen molar-refractivity contribution in [2.24, 2.45) is 0 Å². The van der Waals surface area contributed by atoms with Crippen molar-refractivity contribution in [2.75, 3.05) is 4.90 Å². The van der Waals surface area contributed by atoms with E-state index in [9.17, 15) is 9.90 Å². The number of fused-ring (bicyclic) bond motifs is 1. The van der Waals surface area contributed by atoms with E-state index >= 15 is 0 Å². The van der Waals surface area contributed by atoms with Crippen LogP contribution in [0, 0.1) is 0 Å². The van der Waals surface area contributed by atoms with Gasteiger partial charge in [0.05, 0.1) is 11.0 Å². The number of H-pyrrole nitrogens is 1. The largest absolute Gasteiger partial charge is 0.465 e. The van der Waals surface area contributed by atoms with Crippen LogP contribution in [0.25, 0.3) is 11.0 Å². The number of amides is 1. The SMILES string of the molecule is CC(C)(C)N(C(=O)O)c1nc2ccccc2[nH]1. The lowest BCUT2D eigenvalue weighted by atomic mass is 10.1. The number of carboxylic acid groups (broad SMARTS) is 1. The molecule has 0 saturated heterocycles. The van der Waals surface area contributed by atoms with Gasteiger partial charge in [0.15, 0.2) is 0 Å². The lowest BCUT2D eigenvalue weighted by molar-refractivity contribution is 0.195. The molecular formula is C12H15N3O2. The van der Waals surface area contributed by atoms with Crippen molar-refractivity contribution >= 4 is 23.1 Å². The lowest BCUT2D eigenvalue weighted by Crippen LogP contribution is -2.45. The number of nitrogens with zero attached hydrogens (tertiary/aromatic N) is 2. The van der Waals surface area contributed by atoms with Gasteiger partial charge in [-0.25, -0.2) is 14.7 Å². The molecule has 0 bridgehead atoms. The Morgan fingerprint density at radius 2 is 2.00 bits per heavy atom. The number of carbonyl (C=O) groups is 1. The number of imidazole rings is 1. The summed E-state index contributed by atoms with van der Waals surface area (Å²) in [4.78, 5) is 19.8. The molecule has 0 aliphatic carbocycles. The summed E-state index contributed by atoms with van der Waals surface area (Å²) in [6, 6.07) is 7.47. The molecule has 1 amide bonds. The van der Waals surface area contributed by atoms with Crippen LogP contribution in [0.5, 0.6) is 0 Å². The van der Waals surface area contributed by atoms with Crippen LogP contribution in [-0.2, 0) is 0 Å². The van der Waals surface area contributed by atoms with Gasteiger partial charge in [-0.05, 0) is 32.9 Å². The molecule has 0 atom stereocenters. The molecule has 2 rings (SSSR count). The van der Waals surface area contributed by atoms with Crippen LogP contribution in [0.2, 0.25) is 0 Å². The number of hydrogen-bond donors (Lipinski definition) is 2. The smallest absolute Gasteiger partial charge is 0.414 e. The summed E-state index contributed by atoms with van der Waals surface area (Å²) in [7, 11) is 0. The van der Waals surface area contributed by atoms with Crippen molar-refractivity contribution in [3.8, 4) is 0 Å². The van der Waals surface area contributed by atoms with E-state index in [0.29, 0.717) is 5.95 Å². The number of aromatic amines is 1. The van der Waals surface area contributed by atoms with Gasteiger partial charge in [-0.1, -0.05) is 12.1 Å². The second-order valence-electron chi connectivity index (χ2n) is 4.87. The predicted octanol–water partition coefficient (Wildman–Crippen LogP) is 2.85. The summed E-state index contributed by atoms with van der Waals surface area (Å²) in [5.41, 5.74) is 1.05. The molecule has 2 aromatic rings. The van der Waals surface area contributed by atoms with Crippen LogP contribution in [0.3, 0.4) is 0 Å². The number of benzene rings is 1. The Hall–Kier alpha value is -2.04. The van der Waals surface area contributed by atoms with Crippen LogP contribution < -0.4 is 4.90 Å². The summed E-state index contributed by atoms with van der Waals surface area (Å²) in [5, 5.41) is 9.25. The van der Waals surface area contributed by atoms with E-state index in [4.69, 9.17) is 0 Å². The van der Waals surface area contributed by atoms with Gasteiger partial charge in [-0.3, -0.25) is 0 Å². The van der Waals surface area contributed by atoms with Crippen molar-refractivity contribution in [3.63, 3.8) is 0 Å². The number of nitrogens with one attached hydrogen (secondary N) is 1. The predicted molar refractivity (Wildman–Crippen MR) is 66.4 cm³/mol. The summed E-state index contributed by atoms with van der Waals surface area (Å²) in [6.07, 6.45) is -1.02. The Morgan fingerprint density at radius 1 is 1.35 bits per heavy atom. The monoisotopic (exact) mass is 233 g/mol. The first kappa shape index (κ1) is 11.4. The number of rotatable bonds is 1. The van der Waals surface area contributed by atoms with E-state index in [2.05, 4.69) is 9.97 Å². The normalized spacial score (nSPS) is 11.7. The Labute approximate surface area is 99.1 Å². The fourth-order valence-electron chi connectivity index (χ4n) is 1.74. The Morgan fingerprint density at radius 3 is 2.53 bits per heavy atom. The molecule has 1 aromatic heterocycles. The number of anilines is 1. The maximum absolute atomic E-state index is 11.3. The average Bonchev–Trinajstić information content (AvgIpc) is 2.56. The molecule has 0 aliphatic rings. The van der Waals surface area contributed by atoms with E-state index < -0.39 is 11.6 Å². The van der Waals surface area contributed by atoms with Gasteiger partial charge in [0, 0.05) is 5.54 Å². The van der Waals surface area contributed by atoms with Gasteiger partial charge in [-0.2, -0.15) is 0 Å². The summed E-state index contributed by atoms with van der Waals surface area (Å²) in [5.74, 6) is 0.353. The van der Waals surface area contributed by atoms with Crippen LogP contribution in [0.1, 0.15) is 20.8 Å². The minimum Gasteiger partial charge on any atom is -0.465 e. The lowest BCUT2D eigenvalue weighted by Gasteiger charge is -2.30. The van der Waals surface area contributed by atoms with Crippen LogP contribution in [0.4, 0.5) is 10.7 Å². The van der Waals surface area contributed by atoms with Crippen LogP contribution >= 0.6 is 0 Å². The maximum atomic E-state index is 11.3. The highest BCUT2D eigenvalue weighted by Crippen LogP contribution is 2.23. The highest BCUT2D eigenvalue weighted by Gasteiger charge is 2.30. The van der Waals surface area contributed by atoms with Gasteiger partial charge in [-0.15, -0.1) is 0 Å². The summed E-state index contributed by atoms with van der Waals surface area (Å²) >= 11 is 0. The summed E-state index contributed by atoms with van der Waals surface area (Å²) in [6.45, 7) is 5.48. The molecule has 2 N–H and O–H groups in total. The van der Waals surface area contributed by atoms with Gasteiger partial charge in [0.25, 0.3) is 0 Å². The highest BCUT2D eigenvalue weighted by molar-refractivity contribution is 5.88. The van der Waals surface area contributed by atoms with Crippen molar-refractivity contribution in [3.05, 3.63) is 24.3 Å². The summed E-state index contributed by atoms with van der Waals surface area (Å²) < 4.78 is 0. The molecule has 90 valence electrons. The second-order valence-corrected chi connectivity index (χ2v) is 4.87. The molecule has 1 aromatic carbocycles. The van der Waals surface area contributed by atoms with Crippen LogP contribution in [-0.4, -0.2) is 26.7 Å². The molecule has 5 nitrogen and oxygen atoms in total. The Balaban J connectivity index is 2.53. The molecule has 0 spiro atoms. The van der Waals surface area contributed by atoms with Crippen molar-refractivity contribution < 1.29 is 9.90 Å². The van der Waals surface area contributed by atoms with Gasteiger partial charge < -0.3 is 10.1 Å². The molecular weight excluding hydrogens is 218 g/mol. The molecule has 0 radical (unpaired) electrons. The number of para-hydroxylation sites is 2. The van der Waals surface area contributed by atoms with E-state index in [-0.39, 0.29) is 0 Å². The molecule has 0 fully saturated rings. The second kappa shape index (κ2) is 3.76. The minimum atomic E-state index is -1.02. The van der Waals surface area contributed by atoms with E-state index in [0.717, 1.165) is 11.0 Å². The first-order valence-corrected chi connectivity index (χ1v) is 5.37. The first-order chi connectivity index (χ1) is 7.89. The van der Waals surface area contributed by atoms with Gasteiger partial charge in [0.2, 0.25) is 5.95 Å². The van der Waals surface area contributed by atoms with Gasteiger partial charge in [0.1, 0.15) is 0 Å². The molecule has 0 saturated carbocycles. The first-order valence-electron chi connectivity index (χ1n) is 5.37. The number of aromatic nitrogens is 2. The van der Waals surface area contributed by atoms with Crippen LogP contribution in [0.15, 0.2) is 24.3 Å². The molecule has 5 heteroatoms. The zero-order valence-corrected chi connectivity index (χ0v) is 10.1. The standard InChI is InChI=1S/C12H15N3O2/c1-12(2,3)15(11(16)17)10-13-8-6-4-5-7-9(8)14-10/h4-7H,1-3H3,(H,13,14)(H,16,17). The van der Waals surface area contributed by atoms with E-state index in [1.54, 1.807) is 0 Å². The zero-order chi connectivity index (χ0) is 12.6. The zero-order valence-electron chi connectivity index (χ0n) is 10.1. The number of hydrogen-bond acceptors (Lipinski definition) is 2. The third kappa shape index (κ3) is 2.08. The van der Waals surface area contributed by atoms with E-state index in [1.807, 2.05) is 45.0 Å². The maximum Gasteiger partial charge on any atom is 0.414 e. The van der Waals surface area contributed by atoms with Gasteiger partial charge >= 0.3 is 6.09 Å². The third-order valence-corrected chi connectivity index (χ3v) is 2.45. The third-order valence-electron chi connectivity index (χ3n) is 2.45.